The Bertz CT molecular complexity index is 204. The van der Waals surface area contributed by atoms with E-state index >= 15 is 0 Å². The molecule has 4 N–H and O–H groups in total. The summed E-state index contributed by atoms with van der Waals surface area (Å²) < 4.78 is 0. The van der Waals surface area contributed by atoms with E-state index in [1.807, 2.05) is 6.07 Å². The van der Waals surface area contributed by atoms with Crippen LogP contribution in [-0.2, 0) is 4.99 Å². The van der Waals surface area contributed by atoms with E-state index in [0.29, 0.717) is 5.69 Å². The van der Waals surface area contributed by atoms with Crippen LogP contribution in [-0.4, -0.2) is 4.98 Å². The molecule has 0 aromatic carbocycles. The number of hydrogen-bond donors (Lipinski definition) is 3. The maximum Gasteiger partial charge on any atom is 0.153 e. The lowest BCUT2D eigenvalue weighted by Crippen LogP contribution is -2.40. The predicted molar refractivity (Wildman–Crippen MR) is 43.3 cm³/mol. The summed E-state index contributed by atoms with van der Waals surface area (Å²) in [5, 5.41) is 0. The summed E-state index contributed by atoms with van der Waals surface area (Å²) >= 11 is 3.94. The molecule has 0 saturated heterocycles. The van der Waals surface area contributed by atoms with Crippen LogP contribution >= 0.6 is 12.6 Å². The van der Waals surface area contributed by atoms with Crippen molar-refractivity contribution in [3.8, 4) is 0 Å². The van der Waals surface area contributed by atoms with Crippen molar-refractivity contribution in [2.24, 2.45) is 11.5 Å². The van der Waals surface area contributed by atoms with E-state index in [9.17, 15) is 0 Å². The molecule has 3 nitrogen and oxygen atoms in total. The van der Waals surface area contributed by atoms with Crippen molar-refractivity contribution in [3.63, 3.8) is 0 Å². The molecule has 1 rings (SSSR count). The van der Waals surface area contributed by atoms with Crippen LogP contribution in [0, 0.1) is 0 Å². The minimum atomic E-state index is -1.12. The number of nitrogens with zero attached hydrogens (tertiary/aromatic N) is 1. The molecule has 0 saturated carbocycles. The molecule has 0 aliphatic rings. The average molecular weight is 155 g/mol. The quantitative estimate of drug-likeness (QED) is 0.396. The predicted octanol–water partition coefficient (Wildman–Crippen LogP) is 0.0391. The average Bonchev–Trinajstić information content (AvgIpc) is 1.88. The highest BCUT2D eigenvalue weighted by atomic mass is 32.1. The number of thiol groups is 1. The molecule has 0 unspecified atom stereocenters. The monoisotopic (exact) mass is 155 g/mol. The minimum Gasteiger partial charge on any atom is -0.300 e. The maximum absolute atomic E-state index is 5.44. The lowest BCUT2D eigenvalue weighted by Gasteiger charge is -2.15. The number of pyridine rings is 1. The molecule has 10 heavy (non-hydrogen) atoms. The minimum absolute atomic E-state index is 0.568. The van der Waals surface area contributed by atoms with Crippen LogP contribution in [0.3, 0.4) is 0 Å². The molecule has 0 aliphatic heterocycles. The van der Waals surface area contributed by atoms with Crippen molar-refractivity contribution in [3.05, 3.63) is 30.1 Å². The SMILES string of the molecule is NC(N)(S)c1ccccn1. The molecule has 0 radical (unpaired) electrons. The molecule has 0 atom stereocenters. The van der Waals surface area contributed by atoms with E-state index in [0.717, 1.165) is 0 Å². The van der Waals surface area contributed by atoms with Crippen molar-refractivity contribution in [1.82, 2.24) is 4.98 Å². The zero-order valence-electron chi connectivity index (χ0n) is 5.36. The summed E-state index contributed by atoms with van der Waals surface area (Å²) in [4.78, 5) is 2.80. The molecular formula is C6H9N3S. The molecule has 0 fully saturated rings. The number of nitrogens with two attached hydrogens (primary N) is 2. The Morgan fingerprint density at radius 2 is 2.10 bits per heavy atom. The molecule has 0 bridgehead atoms. The maximum atomic E-state index is 5.44. The Morgan fingerprint density at radius 3 is 2.40 bits per heavy atom. The Morgan fingerprint density at radius 1 is 1.40 bits per heavy atom. The summed E-state index contributed by atoms with van der Waals surface area (Å²) in [7, 11) is 0. The van der Waals surface area contributed by atoms with Gasteiger partial charge in [-0.1, -0.05) is 6.07 Å². The third-order valence-electron chi connectivity index (χ3n) is 1.08. The third-order valence-corrected chi connectivity index (χ3v) is 1.30. The first-order valence-corrected chi connectivity index (χ1v) is 3.27. The van der Waals surface area contributed by atoms with Gasteiger partial charge < -0.3 is 0 Å². The summed E-state index contributed by atoms with van der Waals surface area (Å²) in [5.41, 5.74) is 11.4. The van der Waals surface area contributed by atoms with E-state index in [2.05, 4.69) is 17.6 Å². The van der Waals surface area contributed by atoms with Gasteiger partial charge in [-0.2, -0.15) is 0 Å². The van der Waals surface area contributed by atoms with Crippen LogP contribution in [0.2, 0.25) is 0 Å². The van der Waals surface area contributed by atoms with Crippen molar-refractivity contribution >= 4 is 12.6 Å². The zero-order valence-corrected chi connectivity index (χ0v) is 6.25. The van der Waals surface area contributed by atoms with Gasteiger partial charge in [-0.25, -0.2) is 0 Å². The van der Waals surface area contributed by atoms with Gasteiger partial charge in [0.25, 0.3) is 0 Å². The lowest BCUT2D eigenvalue weighted by atomic mass is 10.3. The van der Waals surface area contributed by atoms with Gasteiger partial charge in [0, 0.05) is 6.20 Å². The van der Waals surface area contributed by atoms with Gasteiger partial charge in [-0.05, 0) is 12.1 Å². The second-order valence-corrected chi connectivity index (χ2v) is 2.78. The van der Waals surface area contributed by atoms with Gasteiger partial charge >= 0.3 is 0 Å². The third kappa shape index (κ3) is 1.70. The van der Waals surface area contributed by atoms with Gasteiger partial charge in [0.1, 0.15) is 0 Å². The topological polar surface area (TPSA) is 64.9 Å². The second-order valence-electron chi connectivity index (χ2n) is 2.04. The van der Waals surface area contributed by atoms with E-state index in [1.165, 1.54) is 0 Å². The van der Waals surface area contributed by atoms with Gasteiger partial charge in [-0.3, -0.25) is 16.5 Å². The van der Waals surface area contributed by atoms with Gasteiger partial charge in [-0.15, -0.1) is 12.6 Å². The molecule has 4 heteroatoms. The molecular weight excluding hydrogens is 146 g/mol. The fourth-order valence-corrected chi connectivity index (χ4v) is 0.732. The van der Waals surface area contributed by atoms with Crippen LogP contribution in [0.4, 0.5) is 0 Å². The standard InChI is InChI=1S/C6H9N3S/c7-6(8,10)5-3-1-2-4-9-5/h1-4,10H,7-8H2. The first kappa shape index (κ1) is 7.53. The largest absolute Gasteiger partial charge is 0.300 e. The van der Waals surface area contributed by atoms with Crippen molar-refractivity contribution < 1.29 is 0 Å². The fourth-order valence-electron chi connectivity index (χ4n) is 0.600. The van der Waals surface area contributed by atoms with Crippen molar-refractivity contribution in [2.75, 3.05) is 0 Å². The van der Waals surface area contributed by atoms with Gasteiger partial charge in [0.2, 0.25) is 0 Å². The van der Waals surface area contributed by atoms with Crippen molar-refractivity contribution in [1.29, 1.82) is 0 Å². The Hall–Kier alpha value is -0.580. The molecule has 0 amide bonds. The van der Waals surface area contributed by atoms with E-state index in [1.54, 1.807) is 18.3 Å². The zero-order chi connectivity index (χ0) is 7.61. The molecule has 1 aromatic heterocycles. The normalized spacial score (nSPS) is 11.5. The second kappa shape index (κ2) is 2.57. The summed E-state index contributed by atoms with van der Waals surface area (Å²) in [6.45, 7) is 0. The van der Waals surface area contributed by atoms with Gasteiger partial charge in [0.05, 0.1) is 5.69 Å². The Labute approximate surface area is 64.9 Å². The first-order valence-electron chi connectivity index (χ1n) is 2.82. The smallest absolute Gasteiger partial charge is 0.153 e. The fraction of sp³-hybridized carbons (Fsp3) is 0.167. The van der Waals surface area contributed by atoms with Crippen LogP contribution in [0.5, 0.6) is 0 Å². The first-order chi connectivity index (χ1) is 4.61. The van der Waals surface area contributed by atoms with Crippen LogP contribution in [0.1, 0.15) is 5.69 Å². The molecule has 0 spiro atoms. The summed E-state index contributed by atoms with van der Waals surface area (Å²) in [6.07, 6.45) is 1.63. The van der Waals surface area contributed by atoms with E-state index in [4.69, 9.17) is 11.5 Å². The van der Waals surface area contributed by atoms with E-state index < -0.39 is 4.99 Å². The number of hydrogen-bond acceptors (Lipinski definition) is 4. The van der Waals surface area contributed by atoms with Gasteiger partial charge in [0.15, 0.2) is 4.99 Å². The highest BCUT2D eigenvalue weighted by Crippen LogP contribution is 2.11. The van der Waals surface area contributed by atoms with Crippen LogP contribution in [0.25, 0.3) is 0 Å². The molecule has 0 aliphatic carbocycles. The molecule has 1 heterocycles. The molecule has 1 aromatic rings. The number of aromatic nitrogens is 1. The highest BCUT2D eigenvalue weighted by molar-refractivity contribution is 7.81. The van der Waals surface area contributed by atoms with E-state index in [-0.39, 0.29) is 0 Å². The number of rotatable bonds is 1. The summed E-state index contributed by atoms with van der Waals surface area (Å²) in [5.74, 6) is 0. The summed E-state index contributed by atoms with van der Waals surface area (Å²) in [6, 6.07) is 5.34. The molecule has 54 valence electrons. The Kier molecular flexibility index (Phi) is 1.94. The Balaban J connectivity index is 2.97. The van der Waals surface area contributed by atoms with Crippen LogP contribution in [0.15, 0.2) is 24.4 Å². The highest BCUT2D eigenvalue weighted by Gasteiger charge is 2.15. The lowest BCUT2D eigenvalue weighted by molar-refractivity contribution is 0.675. The van der Waals surface area contributed by atoms with Crippen molar-refractivity contribution in [2.45, 2.75) is 4.99 Å². The van der Waals surface area contributed by atoms with Crippen LogP contribution < -0.4 is 11.5 Å².